The molecule has 1 aromatic carbocycles. The van der Waals surface area contributed by atoms with Crippen LogP contribution in [-0.4, -0.2) is 12.5 Å². The minimum Gasteiger partial charge on any atom is -0.355 e. The van der Waals surface area contributed by atoms with E-state index in [4.69, 9.17) is 0 Å². The summed E-state index contributed by atoms with van der Waals surface area (Å²) in [6.07, 6.45) is 9.26. The largest absolute Gasteiger partial charge is 0.355 e. The zero-order valence-electron chi connectivity index (χ0n) is 12.4. The van der Waals surface area contributed by atoms with Crippen molar-refractivity contribution >= 4 is 5.91 Å². The first-order chi connectivity index (χ1) is 9.81. The molecule has 0 bridgehead atoms. The average molecular weight is 271 g/mol. The van der Waals surface area contributed by atoms with Crippen molar-refractivity contribution in [2.45, 2.75) is 51.4 Å². The topological polar surface area (TPSA) is 29.1 Å². The van der Waals surface area contributed by atoms with E-state index in [0.29, 0.717) is 0 Å². The van der Waals surface area contributed by atoms with Crippen LogP contribution in [0, 0.1) is 0 Å². The molecule has 1 amide bonds. The highest BCUT2D eigenvalue weighted by atomic mass is 16.1. The highest BCUT2D eigenvalue weighted by molar-refractivity contribution is 5.83. The number of nitrogens with one attached hydrogen (secondary N) is 1. The molecule has 108 valence electrons. The predicted octanol–water partition coefficient (Wildman–Crippen LogP) is 4.19. The van der Waals surface area contributed by atoms with E-state index < -0.39 is 0 Å². The van der Waals surface area contributed by atoms with Crippen molar-refractivity contribution in [1.29, 1.82) is 0 Å². The van der Waals surface area contributed by atoms with Gasteiger partial charge >= 0.3 is 0 Å². The molecular formula is C18H25NO. The first-order valence-corrected chi connectivity index (χ1v) is 7.82. The van der Waals surface area contributed by atoms with E-state index in [-0.39, 0.29) is 11.8 Å². The summed E-state index contributed by atoms with van der Waals surface area (Å²) in [5.41, 5.74) is 2.63. The van der Waals surface area contributed by atoms with Crippen LogP contribution in [0.2, 0.25) is 0 Å². The smallest absolute Gasteiger partial charge is 0.227 e. The minimum absolute atomic E-state index is 0.0171. The predicted molar refractivity (Wildman–Crippen MR) is 83.7 cm³/mol. The number of amides is 1. The summed E-state index contributed by atoms with van der Waals surface area (Å²) in [5, 5.41) is 3.10. The van der Waals surface area contributed by atoms with Crippen molar-refractivity contribution in [3.8, 4) is 0 Å². The summed E-state index contributed by atoms with van der Waals surface area (Å²) < 4.78 is 0. The molecule has 0 heterocycles. The number of carbonyl (C=O) groups is 1. The lowest BCUT2D eigenvalue weighted by Crippen LogP contribution is -2.30. The van der Waals surface area contributed by atoms with Crippen molar-refractivity contribution < 1.29 is 4.79 Å². The summed E-state index contributed by atoms with van der Waals surface area (Å²) in [6.45, 7) is 2.84. The molecule has 0 aliphatic heterocycles. The van der Waals surface area contributed by atoms with Gasteiger partial charge in [0, 0.05) is 6.54 Å². The summed E-state index contributed by atoms with van der Waals surface area (Å²) in [4.78, 5) is 12.3. The monoisotopic (exact) mass is 271 g/mol. The van der Waals surface area contributed by atoms with E-state index in [9.17, 15) is 4.79 Å². The van der Waals surface area contributed by atoms with Gasteiger partial charge in [0.1, 0.15) is 0 Å². The van der Waals surface area contributed by atoms with Crippen molar-refractivity contribution in [2.75, 3.05) is 6.54 Å². The third kappa shape index (κ3) is 4.22. The molecular weight excluding hydrogens is 246 g/mol. The third-order valence-electron chi connectivity index (χ3n) is 4.06. The number of hydrogen-bond donors (Lipinski definition) is 1. The summed E-state index contributed by atoms with van der Waals surface area (Å²) in [5.74, 6) is 0.145. The lowest BCUT2D eigenvalue weighted by Gasteiger charge is -2.17. The van der Waals surface area contributed by atoms with Gasteiger partial charge in [-0.05, 0) is 44.1 Å². The van der Waals surface area contributed by atoms with E-state index in [1.165, 1.54) is 31.3 Å². The summed E-state index contributed by atoms with van der Waals surface area (Å²) in [6, 6.07) is 10.1. The number of carbonyl (C=O) groups excluding carboxylic acids is 1. The Hall–Kier alpha value is -1.57. The molecule has 20 heavy (non-hydrogen) atoms. The maximum absolute atomic E-state index is 12.3. The normalized spacial score (nSPS) is 16.4. The van der Waals surface area contributed by atoms with Crippen LogP contribution in [0.15, 0.2) is 42.0 Å². The van der Waals surface area contributed by atoms with Gasteiger partial charge in [-0.3, -0.25) is 4.79 Å². The Balaban J connectivity index is 1.82. The third-order valence-corrected chi connectivity index (χ3v) is 4.06. The van der Waals surface area contributed by atoms with Crippen LogP contribution in [0.25, 0.3) is 0 Å². The first-order valence-electron chi connectivity index (χ1n) is 7.82. The Morgan fingerprint density at radius 1 is 1.25 bits per heavy atom. The second-order valence-corrected chi connectivity index (χ2v) is 5.52. The van der Waals surface area contributed by atoms with Gasteiger partial charge in [-0.15, -0.1) is 0 Å². The lowest BCUT2D eigenvalue weighted by atomic mass is 9.95. The van der Waals surface area contributed by atoms with Gasteiger partial charge in [0.2, 0.25) is 5.91 Å². The van der Waals surface area contributed by atoms with Crippen LogP contribution < -0.4 is 5.32 Å². The molecule has 1 aliphatic rings. The van der Waals surface area contributed by atoms with Crippen LogP contribution >= 0.6 is 0 Å². The van der Waals surface area contributed by atoms with E-state index in [1.54, 1.807) is 0 Å². The van der Waals surface area contributed by atoms with E-state index in [0.717, 1.165) is 24.9 Å². The van der Waals surface area contributed by atoms with Crippen molar-refractivity contribution in [3.05, 3.63) is 47.5 Å². The van der Waals surface area contributed by atoms with Gasteiger partial charge in [0.05, 0.1) is 5.92 Å². The number of rotatable bonds is 6. The first kappa shape index (κ1) is 14.8. The Labute approximate surface area is 122 Å². The van der Waals surface area contributed by atoms with E-state index in [1.807, 2.05) is 30.3 Å². The molecule has 1 aromatic rings. The fraction of sp³-hybridized carbons (Fsp3) is 0.500. The van der Waals surface area contributed by atoms with Crippen LogP contribution in [0.4, 0.5) is 0 Å². The van der Waals surface area contributed by atoms with Gasteiger partial charge in [0.25, 0.3) is 0 Å². The summed E-state index contributed by atoms with van der Waals surface area (Å²) >= 11 is 0. The van der Waals surface area contributed by atoms with Gasteiger partial charge in [0.15, 0.2) is 0 Å². The SMILES string of the molecule is CC[C@H](C(=O)NCCC1=CCCCC1)c1ccccc1. The molecule has 1 atom stereocenters. The zero-order valence-corrected chi connectivity index (χ0v) is 12.4. The fourth-order valence-corrected chi connectivity index (χ4v) is 2.86. The number of allylic oxidation sites excluding steroid dienone is 1. The molecule has 2 heteroatoms. The molecule has 0 radical (unpaired) electrons. The van der Waals surface area contributed by atoms with Gasteiger partial charge in [-0.25, -0.2) is 0 Å². The Morgan fingerprint density at radius 3 is 2.70 bits per heavy atom. The molecule has 0 unspecified atom stereocenters. The second-order valence-electron chi connectivity index (χ2n) is 5.52. The number of hydrogen-bond acceptors (Lipinski definition) is 1. The highest BCUT2D eigenvalue weighted by Crippen LogP contribution is 2.21. The van der Waals surface area contributed by atoms with Crippen LogP contribution in [-0.2, 0) is 4.79 Å². The van der Waals surface area contributed by atoms with Gasteiger partial charge in [-0.1, -0.05) is 48.9 Å². The molecule has 1 N–H and O–H groups in total. The lowest BCUT2D eigenvalue weighted by molar-refractivity contribution is -0.122. The minimum atomic E-state index is -0.0171. The van der Waals surface area contributed by atoms with E-state index in [2.05, 4.69) is 18.3 Å². The second kappa shape index (κ2) is 7.88. The molecule has 0 saturated heterocycles. The van der Waals surface area contributed by atoms with Crippen molar-refractivity contribution in [2.24, 2.45) is 0 Å². The maximum Gasteiger partial charge on any atom is 0.227 e. The number of benzene rings is 1. The average Bonchev–Trinajstić information content (AvgIpc) is 2.50. The molecule has 0 fully saturated rings. The quantitative estimate of drug-likeness (QED) is 0.772. The maximum atomic E-state index is 12.3. The fourth-order valence-electron chi connectivity index (χ4n) is 2.86. The molecule has 2 nitrogen and oxygen atoms in total. The van der Waals surface area contributed by atoms with Crippen LogP contribution in [0.1, 0.15) is 56.9 Å². The van der Waals surface area contributed by atoms with Crippen LogP contribution in [0.3, 0.4) is 0 Å². The van der Waals surface area contributed by atoms with Crippen molar-refractivity contribution in [3.63, 3.8) is 0 Å². The summed E-state index contributed by atoms with van der Waals surface area (Å²) in [7, 11) is 0. The standard InChI is InChI=1S/C18H25NO/c1-2-17(16-11-7-4-8-12-16)18(20)19-14-13-15-9-5-3-6-10-15/h4,7-9,11-12,17H,2-3,5-6,10,13-14H2,1H3,(H,19,20)/t17-/m0/s1. The molecule has 0 aromatic heterocycles. The highest BCUT2D eigenvalue weighted by Gasteiger charge is 2.17. The Kier molecular flexibility index (Phi) is 5.85. The van der Waals surface area contributed by atoms with E-state index >= 15 is 0 Å². The molecule has 0 spiro atoms. The van der Waals surface area contributed by atoms with Gasteiger partial charge in [-0.2, -0.15) is 0 Å². The van der Waals surface area contributed by atoms with Crippen LogP contribution in [0.5, 0.6) is 0 Å². The Bertz CT molecular complexity index is 450. The van der Waals surface area contributed by atoms with Crippen molar-refractivity contribution in [1.82, 2.24) is 5.32 Å². The molecule has 0 saturated carbocycles. The molecule has 2 rings (SSSR count). The zero-order chi connectivity index (χ0) is 14.2. The van der Waals surface area contributed by atoms with Gasteiger partial charge < -0.3 is 5.32 Å². The molecule has 1 aliphatic carbocycles. The Morgan fingerprint density at radius 2 is 2.05 bits per heavy atom.